The summed E-state index contributed by atoms with van der Waals surface area (Å²) in [6.45, 7) is 4.52. The van der Waals surface area contributed by atoms with E-state index in [0.29, 0.717) is 13.0 Å². The van der Waals surface area contributed by atoms with Crippen molar-refractivity contribution in [2.75, 3.05) is 6.61 Å². The van der Waals surface area contributed by atoms with E-state index in [1.54, 1.807) is 0 Å². The number of hydrogen-bond donors (Lipinski definition) is 1. The summed E-state index contributed by atoms with van der Waals surface area (Å²) in [6, 6.07) is 15.6. The highest BCUT2D eigenvalue weighted by Crippen LogP contribution is 2.25. The molecule has 3 aromatic rings. The zero-order valence-corrected chi connectivity index (χ0v) is 14.5. The molecule has 2 aromatic carbocycles. The van der Waals surface area contributed by atoms with Gasteiger partial charge in [0.25, 0.3) is 0 Å². The Morgan fingerprint density at radius 2 is 1.92 bits per heavy atom. The molecule has 0 saturated heterocycles. The summed E-state index contributed by atoms with van der Waals surface area (Å²) in [4.78, 5) is 15.9. The standard InChI is InChI=1S/C20H22N2O3/c1-3-25-16-10-8-15(9-11-16)13-19-21-17-6-4-5-7-18(17)22(19)14(2)12-20(23)24/h4-11,14H,3,12-13H2,1-2H3,(H,23,24). The summed E-state index contributed by atoms with van der Waals surface area (Å²) in [5.41, 5.74) is 2.97. The van der Waals surface area contributed by atoms with Gasteiger partial charge in [-0.3, -0.25) is 4.79 Å². The quantitative estimate of drug-likeness (QED) is 0.705. The fourth-order valence-corrected chi connectivity index (χ4v) is 3.11. The summed E-state index contributed by atoms with van der Waals surface area (Å²) in [7, 11) is 0. The molecule has 0 bridgehead atoms. The number of nitrogens with zero attached hydrogens (tertiary/aromatic N) is 2. The molecule has 130 valence electrons. The van der Waals surface area contributed by atoms with E-state index in [2.05, 4.69) is 0 Å². The lowest BCUT2D eigenvalue weighted by molar-refractivity contribution is -0.137. The number of carbonyl (C=O) groups is 1. The number of carboxylic acid groups (broad SMARTS) is 1. The number of rotatable bonds is 7. The average Bonchev–Trinajstić information content (AvgIpc) is 2.94. The molecule has 5 nitrogen and oxygen atoms in total. The number of hydrogen-bond acceptors (Lipinski definition) is 3. The summed E-state index contributed by atoms with van der Waals surface area (Å²) in [6.07, 6.45) is 0.710. The largest absolute Gasteiger partial charge is 0.494 e. The predicted molar refractivity (Wildman–Crippen MR) is 97.1 cm³/mol. The second-order valence-electron chi connectivity index (χ2n) is 6.09. The summed E-state index contributed by atoms with van der Waals surface area (Å²) in [5, 5.41) is 9.17. The van der Waals surface area contributed by atoms with Gasteiger partial charge in [-0.15, -0.1) is 0 Å². The van der Waals surface area contributed by atoms with Gasteiger partial charge in [0.05, 0.1) is 24.1 Å². The molecule has 3 rings (SSSR count). The van der Waals surface area contributed by atoms with E-state index in [1.165, 1.54) is 0 Å². The Morgan fingerprint density at radius 1 is 1.20 bits per heavy atom. The van der Waals surface area contributed by atoms with Crippen LogP contribution in [0, 0.1) is 0 Å². The lowest BCUT2D eigenvalue weighted by Gasteiger charge is -2.16. The van der Waals surface area contributed by atoms with Gasteiger partial charge in [0.2, 0.25) is 0 Å². The number of fused-ring (bicyclic) bond motifs is 1. The first-order valence-corrected chi connectivity index (χ1v) is 8.48. The molecule has 0 aliphatic rings. The van der Waals surface area contributed by atoms with Gasteiger partial charge >= 0.3 is 5.97 Å². The van der Waals surface area contributed by atoms with Crippen molar-refractivity contribution in [1.29, 1.82) is 0 Å². The molecule has 0 saturated carbocycles. The van der Waals surface area contributed by atoms with Crippen molar-refractivity contribution in [3.63, 3.8) is 0 Å². The van der Waals surface area contributed by atoms with Crippen LogP contribution >= 0.6 is 0 Å². The van der Waals surface area contributed by atoms with Crippen LogP contribution in [0.15, 0.2) is 48.5 Å². The van der Waals surface area contributed by atoms with E-state index in [0.717, 1.165) is 28.2 Å². The van der Waals surface area contributed by atoms with Crippen LogP contribution in [0.5, 0.6) is 5.75 Å². The zero-order valence-electron chi connectivity index (χ0n) is 14.5. The third-order valence-electron chi connectivity index (χ3n) is 4.18. The minimum absolute atomic E-state index is 0.0661. The minimum atomic E-state index is -0.808. The van der Waals surface area contributed by atoms with Gasteiger partial charge in [0.1, 0.15) is 11.6 Å². The number of carboxylic acids is 1. The lowest BCUT2D eigenvalue weighted by Crippen LogP contribution is -2.13. The van der Waals surface area contributed by atoms with Crippen LogP contribution in [0.2, 0.25) is 0 Å². The summed E-state index contributed by atoms with van der Waals surface area (Å²) in [5.74, 6) is 0.912. The first-order chi connectivity index (χ1) is 12.1. The van der Waals surface area contributed by atoms with Crippen molar-refractivity contribution in [2.45, 2.75) is 32.7 Å². The number of aliphatic carboxylic acids is 1. The van der Waals surface area contributed by atoms with Crippen molar-refractivity contribution in [3.05, 3.63) is 59.9 Å². The molecular weight excluding hydrogens is 316 g/mol. The first-order valence-electron chi connectivity index (χ1n) is 8.48. The molecule has 1 aromatic heterocycles. The molecule has 1 N–H and O–H groups in total. The van der Waals surface area contributed by atoms with E-state index in [-0.39, 0.29) is 12.5 Å². The fourth-order valence-electron chi connectivity index (χ4n) is 3.11. The van der Waals surface area contributed by atoms with Crippen LogP contribution < -0.4 is 4.74 Å². The van der Waals surface area contributed by atoms with Crippen LogP contribution in [-0.2, 0) is 11.2 Å². The molecule has 0 radical (unpaired) electrons. The molecule has 1 atom stereocenters. The second-order valence-corrected chi connectivity index (χ2v) is 6.09. The highest BCUT2D eigenvalue weighted by molar-refractivity contribution is 5.76. The van der Waals surface area contributed by atoms with Crippen molar-refractivity contribution in [2.24, 2.45) is 0 Å². The van der Waals surface area contributed by atoms with Crippen LogP contribution in [0.1, 0.15) is 37.7 Å². The van der Waals surface area contributed by atoms with E-state index in [4.69, 9.17) is 14.8 Å². The zero-order chi connectivity index (χ0) is 17.8. The molecule has 5 heteroatoms. The molecule has 25 heavy (non-hydrogen) atoms. The molecule has 0 fully saturated rings. The van der Waals surface area contributed by atoms with E-state index < -0.39 is 5.97 Å². The smallest absolute Gasteiger partial charge is 0.305 e. The third kappa shape index (κ3) is 3.82. The van der Waals surface area contributed by atoms with Gasteiger partial charge < -0.3 is 14.4 Å². The average molecular weight is 338 g/mol. The molecule has 0 aliphatic heterocycles. The van der Waals surface area contributed by atoms with E-state index in [1.807, 2.05) is 66.9 Å². The van der Waals surface area contributed by atoms with Crippen LogP contribution in [0.25, 0.3) is 11.0 Å². The van der Waals surface area contributed by atoms with Crippen molar-refractivity contribution >= 4 is 17.0 Å². The fraction of sp³-hybridized carbons (Fsp3) is 0.300. The van der Waals surface area contributed by atoms with Gasteiger partial charge in [-0.1, -0.05) is 24.3 Å². The maximum absolute atomic E-state index is 11.2. The maximum Gasteiger partial charge on any atom is 0.305 e. The molecule has 0 amide bonds. The normalized spacial score (nSPS) is 12.2. The minimum Gasteiger partial charge on any atom is -0.494 e. The number of imidazole rings is 1. The highest BCUT2D eigenvalue weighted by Gasteiger charge is 2.18. The van der Waals surface area contributed by atoms with Gasteiger partial charge in [-0.25, -0.2) is 4.98 Å². The molecule has 1 heterocycles. The topological polar surface area (TPSA) is 64.4 Å². The highest BCUT2D eigenvalue weighted by atomic mass is 16.5. The second kappa shape index (κ2) is 7.38. The number of benzene rings is 2. The van der Waals surface area contributed by atoms with Gasteiger partial charge in [-0.2, -0.15) is 0 Å². The third-order valence-corrected chi connectivity index (χ3v) is 4.18. The number of para-hydroxylation sites is 2. The maximum atomic E-state index is 11.2. The van der Waals surface area contributed by atoms with Gasteiger partial charge in [0, 0.05) is 12.5 Å². The van der Waals surface area contributed by atoms with Crippen molar-refractivity contribution in [1.82, 2.24) is 9.55 Å². The van der Waals surface area contributed by atoms with Crippen LogP contribution in [-0.4, -0.2) is 27.2 Å². The predicted octanol–water partition coefficient (Wildman–Crippen LogP) is 4.06. The monoisotopic (exact) mass is 338 g/mol. The SMILES string of the molecule is CCOc1ccc(Cc2nc3ccccc3n2C(C)CC(=O)O)cc1. The molecule has 0 spiro atoms. The Morgan fingerprint density at radius 3 is 2.60 bits per heavy atom. The first kappa shape index (κ1) is 17.0. The van der Waals surface area contributed by atoms with E-state index >= 15 is 0 Å². The van der Waals surface area contributed by atoms with Crippen LogP contribution in [0.4, 0.5) is 0 Å². The Labute approximate surface area is 146 Å². The van der Waals surface area contributed by atoms with Gasteiger partial charge in [0.15, 0.2) is 0 Å². The molecule has 0 aliphatic carbocycles. The summed E-state index contributed by atoms with van der Waals surface area (Å²) < 4.78 is 7.52. The summed E-state index contributed by atoms with van der Waals surface area (Å²) >= 11 is 0. The van der Waals surface area contributed by atoms with Crippen molar-refractivity contribution in [3.8, 4) is 5.75 Å². The van der Waals surface area contributed by atoms with E-state index in [9.17, 15) is 4.79 Å². The Kier molecular flexibility index (Phi) is 5.03. The Bertz CT molecular complexity index is 868. The lowest BCUT2D eigenvalue weighted by atomic mass is 10.1. The number of aromatic nitrogens is 2. The van der Waals surface area contributed by atoms with Crippen LogP contribution in [0.3, 0.4) is 0 Å². The molecule has 1 unspecified atom stereocenters. The molecular formula is C20H22N2O3. The van der Waals surface area contributed by atoms with Crippen molar-refractivity contribution < 1.29 is 14.6 Å². The number of ether oxygens (including phenoxy) is 1. The van der Waals surface area contributed by atoms with Gasteiger partial charge in [-0.05, 0) is 43.7 Å². The Hall–Kier alpha value is -2.82. The Balaban J connectivity index is 1.95.